The number of aryl methyl sites for hydroxylation is 1. The van der Waals surface area contributed by atoms with Crippen LogP contribution in [0.4, 0.5) is 0 Å². The van der Waals surface area contributed by atoms with Gasteiger partial charge in [-0.3, -0.25) is 14.8 Å². The lowest BCUT2D eigenvalue weighted by Crippen LogP contribution is -2.18. The number of hydrogen-bond acceptors (Lipinski definition) is 4. The van der Waals surface area contributed by atoms with E-state index in [1.807, 2.05) is 6.07 Å². The number of furan rings is 1. The van der Waals surface area contributed by atoms with Crippen LogP contribution in [0, 0.1) is 0 Å². The fraction of sp³-hybridized carbons (Fsp3) is 0.143. The predicted molar refractivity (Wildman–Crippen MR) is 66.8 cm³/mol. The molecule has 1 heterocycles. The number of rotatable bonds is 5. The molecule has 1 aromatic heterocycles. The average molecular weight is 259 g/mol. The summed E-state index contributed by atoms with van der Waals surface area (Å²) >= 11 is 0. The molecule has 0 aliphatic carbocycles. The molecular formula is C14H13NO4. The Bertz CT molecular complexity index is 575. The second kappa shape index (κ2) is 5.97. The van der Waals surface area contributed by atoms with Crippen molar-refractivity contribution in [2.75, 3.05) is 0 Å². The van der Waals surface area contributed by atoms with Crippen molar-refractivity contribution < 1.29 is 19.2 Å². The summed E-state index contributed by atoms with van der Waals surface area (Å²) in [6, 6.07) is 10.2. The van der Waals surface area contributed by atoms with Gasteiger partial charge in [-0.2, -0.15) is 0 Å². The quantitative estimate of drug-likeness (QED) is 0.488. The topological polar surface area (TPSA) is 79.5 Å². The zero-order valence-electron chi connectivity index (χ0n) is 10.1. The second-order valence-corrected chi connectivity index (χ2v) is 4.04. The second-order valence-electron chi connectivity index (χ2n) is 4.04. The third kappa shape index (κ3) is 3.29. The molecule has 0 spiro atoms. The molecule has 2 N–H and O–H groups in total. The maximum absolute atomic E-state index is 12.0. The van der Waals surface area contributed by atoms with Crippen molar-refractivity contribution in [1.82, 2.24) is 5.48 Å². The number of carbonyl (C=O) groups excluding carboxylic acids is 2. The molecule has 0 aliphatic rings. The Morgan fingerprint density at radius 3 is 2.74 bits per heavy atom. The van der Waals surface area contributed by atoms with Crippen LogP contribution in [0.25, 0.3) is 0 Å². The third-order valence-electron chi connectivity index (χ3n) is 2.70. The van der Waals surface area contributed by atoms with Gasteiger partial charge in [0.05, 0.1) is 6.26 Å². The van der Waals surface area contributed by atoms with Gasteiger partial charge >= 0.3 is 0 Å². The van der Waals surface area contributed by atoms with Crippen molar-refractivity contribution in [3.8, 4) is 0 Å². The number of benzene rings is 1. The first-order chi connectivity index (χ1) is 9.20. The van der Waals surface area contributed by atoms with Crippen LogP contribution >= 0.6 is 0 Å². The highest BCUT2D eigenvalue weighted by Gasteiger charge is 2.12. The normalized spacial score (nSPS) is 10.2. The molecular weight excluding hydrogens is 246 g/mol. The lowest BCUT2D eigenvalue weighted by molar-refractivity contribution is -0.129. The summed E-state index contributed by atoms with van der Waals surface area (Å²) in [7, 11) is 0. The van der Waals surface area contributed by atoms with Crippen LogP contribution in [0.3, 0.4) is 0 Å². The van der Waals surface area contributed by atoms with Crippen molar-refractivity contribution >= 4 is 11.7 Å². The molecule has 1 aromatic carbocycles. The van der Waals surface area contributed by atoms with Gasteiger partial charge in [0, 0.05) is 12.0 Å². The molecule has 5 nitrogen and oxygen atoms in total. The minimum Gasteiger partial charge on any atom is -0.461 e. The third-order valence-corrected chi connectivity index (χ3v) is 2.70. The van der Waals surface area contributed by atoms with Gasteiger partial charge in [-0.1, -0.05) is 18.2 Å². The van der Waals surface area contributed by atoms with Crippen molar-refractivity contribution in [2.45, 2.75) is 12.8 Å². The molecule has 0 unspecified atom stereocenters. The summed E-state index contributed by atoms with van der Waals surface area (Å²) < 4.78 is 5.06. The van der Waals surface area contributed by atoms with E-state index in [2.05, 4.69) is 0 Å². The molecule has 2 rings (SSSR count). The van der Waals surface area contributed by atoms with E-state index in [9.17, 15) is 9.59 Å². The summed E-state index contributed by atoms with van der Waals surface area (Å²) in [5.74, 6) is -0.369. The Labute approximate surface area is 109 Å². The van der Waals surface area contributed by atoms with E-state index in [0.29, 0.717) is 12.0 Å². The van der Waals surface area contributed by atoms with Crippen molar-refractivity contribution in [3.05, 3.63) is 59.5 Å². The molecule has 0 radical (unpaired) electrons. The maximum Gasteiger partial charge on any atom is 0.243 e. The van der Waals surface area contributed by atoms with E-state index >= 15 is 0 Å². The highest BCUT2D eigenvalue weighted by Crippen LogP contribution is 2.13. The summed E-state index contributed by atoms with van der Waals surface area (Å²) in [6.45, 7) is 0. The highest BCUT2D eigenvalue weighted by atomic mass is 16.5. The van der Waals surface area contributed by atoms with Crippen LogP contribution in [0.1, 0.15) is 28.1 Å². The molecule has 19 heavy (non-hydrogen) atoms. The predicted octanol–water partition coefficient (Wildman–Crippen LogP) is 1.95. The van der Waals surface area contributed by atoms with Gasteiger partial charge in [0.25, 0.3) is 0 Å². The van der Waals surface area contributed by atoms with Gasteiger partial charge in [-0.05, 0) is 30.2 Å². The monoisotopic (exact) mass is 259 g/mol. The average Bonchev–Trinajstić information content (AvgIpc) is 2.98. The molecule has 0 fully saturated rings. The Morgan fingerprint density at radius 2 is 2.05 bits per heavy atom. The summed E-state index contributed by atoms with van der Waals surface area (Å²) in [5.41, 5.74) is 2.93. The SMILES string of the molecule is O=C(CCc1cccc(C(=O)c2ccco2)c1)NO. The lowest BCUT2D eigenvalue weighted by Gasteiger charge is -2.03. The van der Waals surface area contributed by atoms with E-state index < -0.39 is 5.91 Å². The van der Waals surface area contributed by atoms with Crippen molar-refractivity contribution in [3.63, 3.8) is 0 Å². The molecule has 98 valence electrons. The number of amides is 1. The summed E-state index contributed by atoms with van der Waals surface area (Å²) in [5, 5.41) is 8.41. The van der Waals surface area contributed by atoms with Gasteiger partial charge in [-0.15, -0.1) is 0 Å². The van der Waals surface area contributed by atoms with E-state index in [0.717, 1.165) is 5.56 Å². The minimum atomic E-state index is -0.456. The van der Waals surface area contributed by atoms with Crippen LogP contribution in [-0.2, 0) is 11.2 Å². The van der Waals surface area contributed by atoms with E-state index in [1.54, 1.807) is 35.8 Å². The number of hydrogen-bond donors (Lipinski definition) is 2. The van der Waals surface area contributed by atoms with Gasteiger partial charge in [0.2, 0.25) is 11.7 Å². The largest absolute Gasteiger partial charge is 0.461 e. The number of hydroxylamine groups is 1. The number of nitrogens with one attached hydrogen (secondary N) is 1. The maximum atomic E-state index is 12.0. The Hall–Kier alpha value is -2.40. The van der Waals surface area contributed by atoms with E-state index in [-0.39, 0.29) is 18.0 Å². The Kier molecular flexibility index (Phi) is 4.10. The van der Waals surface area contributed by atoms with Crippen LogP contribution in [0.5, 0.6) is 0 Å². The van der Waals surface area contributed by atoms with Crippen LogP contribution in [0.2, 0.25) is 0 Å². The molecule has 0 atom stereocenters. The van der Waals surface area contributed by atoms with E-state index in [4.69, 9.17) is 9.62 Å². The molecule has 0 saturated heterocycles. The van der Waals surface area contributed by atoms with Gasteiger partial charge < -0.3 is 4.42 Å². The van der Waals surface area contributed by atoms with Gasteiger partial charge in [-0.25, -0.2) is 5.48 Å². The van der Waals surface area contributed by atoms with Gasteiger partial charge in [0.1, 0.15) is 0 Å². The zero-order valence-corrected chi connectivity index (χ0v) is 10.1. The van der Waals surface area contributed by atoms with Gasteiger partial charge in [0.15, 0.2) is 5.76 Å². The Balaban J connectivity index is 2.11. The lowest BCUT2D eigenvalue weighted by atomic mass is 10.0. The molecule has 0 saturated carbocycles. The minimum absolute atomic E-state index is 0.162. The number of carbonyl (C=O) groups is 2. The van der Waals surface area contributed by atoms with Crippen LogP contribution < -0.4 is 5.48 Å². The molecule has 1 amide bonds. The molecule has 0 aliphatic heterocycles. The standard InChI is InChI=1S/C14H13NO4/c16-13(15-18)7-6-10-3-1-4-11(9-10)14(17)12-5-2-8-19-12/h1-5,8-9,18H,6-7H2,(H,15,16). The fourth-order valence-corrected chi connectivity index (χ4v) is 1.73. The summed E-state index contributed by atoms with van der Waals surface area (Å²) in [6.07, 6.45) is 2.06. The Morgan fingerprint density at radius 1 is 1.21 bits per heavy atom. The number of ketones is 1. The first-order valence-corrected chi connectivity index (χ1v) is 5.81. The van der Waals surface area contributed by atoms with Crippen LogP contribution in [-0.4, -0.2) is 16.9 Å². The summed E-state index contributed by atoms with van der Waals surface area (Å²) in [4.78, 5) is 23.0. The smallest absolute Gasteiger partial charge is 0.243 e. The van der Waals surface area contributed by atoms with Crippen LogP contribution in [0.15, 0.2) is 47.1 Å². The first kappa shape index (κ1) is 13.0. The highest BCUT2D eigenvalue weighted by molar-refractivity contribution is 6.07. The zero-order chi connectivity index (χ0) is 13.7. The molecule has 5 heteroatoms. The molecule has 0 bridgehead atoms. The first-order valence-electron chi connectivity index (χ1n) is 5.81. The van der Waals surface area contributed by atoms with Crippen molar-refractivity contribution in [2.24, 2.45) is 0 Å². The molecule has 2 aromatic rings. The fourth-order valence-electron chi connectivity index (χ4n) is 1.73. The van der Waals surface area contributed by atoms with Crippen molar-refractivity contribution in [1.29, 1.82) is 0 Å². The van der Waals surface area contributed by atoms with E-state index in [1.165, 1.54) is 6.26 Å².